The van der Waals surface area contributed by atoms with Gasteiger partial charge in [0.05, 0.1) is 22.6 Å². The molecule has 6 aromatic carbocycles. The van der Waals surface area contributed by atoms with E-state index < -0.39 is 0 Å². The zero-order chi connectivity index (χ0) is 31.6. The third kappa shape index (κ3) is 4.25. The Morgan fingerprint density at radius 1 is 0.479 bits per heavy atom. The third-order valence-corrected chi connectivity index (χ3v) is 10.3. The highest BCUT2D eigenvalue weighted by Crippen LogP contribution is 2.44. The van der Waals surface area contributed by atoms with Crippen molar-refractivity contribution in [1.82, 2.24) is 15.0 Å². The van der Waals surface area contributed by atoms with E-state index in [9.17, 15) is 0 Å². The summed E-state index contributed by atoms with van der Waals surface area (Å²) in [4.78, 5) is 15.5. The molecule has 4 nitrogen and oxygen atoms in total. The second kappa shape index (κ2) is 10.7. The third-order valence-electron chi connectivity index (χ3n) is 9.09. The molecule has 0 spiro atoms. The number of para-hydroxylation sites is 3. The monoisotopic (exact) mass is 631 g/mol. The number of rotatable bonds is 4. The lowest BCUT2D eigenvalue weighted by Gasteiger charge is -2.10. The van der Waals surface area contributed by atoms with Crippen LogP contribution in [0.5, 0.6) is 0 Å². The number of furan rings is 1. The van der Waals surface area contributed by atoms with Gasteiger partial charge in [-0.3, -0.25) is 0 Å². The molecule has 0 saturated carbocycles. The fourth-order valence-corrected chi connectivity index (χ4v) is 8.04. The molecular formula is C43H25N3OS. The summed E-state index contributed by atoms with van der Waals surface area (Å²) in [5.74, 6) is 0.670. The van der Waals surface area contributed by atoms with Gasteiger partial charge in [-0.05, 0) is 36.4 Å². The molecule has 10 rings (SSSR count). The molecule has 0 saturated heterocycles. The summed E-state index contributed by atoms with van der Waals surface area (Å²) < 4.78 is 8.91. The van der Waals surface area contributed by atoms with Crippen LogP contribution in [-0.4, -0.2) is 15.0 Å². The minimum Gasteiger partial charge on any atom is -0.455 e. The number of thiophene rings is 1. The van der Waals surface area contributed by atoms with Crippen LogP contribution in [0.1, 0.15) is 0 Å². The lowest BCUT2D eigenvalue weighted by atomic mass is 10.00. The van der Waals surface area contributed by atoms with Crippen LogP contribution >= 0.6 is 11.3 Å². The first-order valence-corrected chi connectivity index (χ1v) is 16.8. The number of hydrogen-bond acceptors (Lipinski definition) is 5. The molecule has 0 atom stereocenters. The number of nitrogens with zero attached hydrogens (tertiary/aromatic N) is 3. The Balaban J connectivity index is 1.24. The summed E-state index contributed by atoms with van der Waals surface area (Å²) in [7, 11) is 0. The summed E-state index contributed by atoms with van der Waals surface area (Å²) in [5.41, 5.74) is 9.38. The van der Waals surface area contributed by atoms with E-state index in [-0.39, 0.29) is 0 Å². The topological polar surface area (TPSA) is 51.8 Å². The second-order valence-corrected chi connectivity index (χ2v) is 13.0. The number of aromatic nitrogens is 3. The minimum atomic E-state index is 0.670. The molecule has 0 radical (unpaired) electrons. The fourth-order valence-electron chi connectivity index (χ4n) is 6.82. The molecule has 0 fully saturated rings. The summed E-state index contributed by atoms with van der Waals surface area (Å²) in [6.07, 6.45) is 0. The van der Waals surface area contributed by atoms with Crippen LogP contribution in [0.2, 0.25) is 0 Å². The van der Waals surface area contributed by atoms with Gasteiger partial charge in [0.25, 0.3) is 0 Å². The van der Waals surface area contributed by atoms with Crippen LogP contribution in [0, 0.1) is 0 Å². The number of fused-ring (bicyclic) bond motifs is 8. The Kier molecular flexibility index (Phi) is 6.01. The van der Waals surface area contributed by atoms with E-state index in [0.29, 0.717) is 5.82 Å². The zero-order valence-electron chi connectivity index (χ0n) is 25.6. The molecule has 4 aromatic heterocycles. The van der Waals surface area contributed by atoms with Crippen molar-refractivity contribution in [3.63, 3.8) is 0 Å². The lowest BCUT2D eigenvalue weighted by molar-refractivity contribution is 0.670. The molecular weight excluding hydrogens is 607 g/mol. The van der Waals surface area contributed by atoms with Gasteiger partial charge in [-0.2, -0.15) is 0 Å². The molecule has 4 heterocycles. The van der Waals surface area contributed by atoms with E-state index in [1.807, 2.05) is 47.7 Å². The first-order valence-electron chi connectivity index (χ1n) is 15.9. The van der Waals surface area contributed by atoms with Gasteiger partial charge in [0.1, 0.15) is 11.2 Å². The van der Waals surface area contributed by atoms with Crippen molar-refractivity contribution in [1.29, 1.82) is 0 Å². The molecule has 0 N–H and O–H groups in total. The minimum absolute atomic E-state index is 0.670. The van der Waals surface area contributed by atoms with Crippen LogP contribution in [0.25, 0.3) is 98.2 Å². The SMILES string of the molecule is c1ccc(-c2nc(-c3ccc4sc5c6ccccc6nc(-c6ccccc6)c5c4c3)cc(-c3cccc4c3oc3ccccc34)n2)cc1. The van der Waals surface area contributed by atoms with Gasteiger partial charge in [-0.15, -0.1) is 11.3 Å². The molecule has 0 aliphatic rings. The Labute approximate surface area is 279 Å². The molecule has 0 amide bonds. The number of benzene rings is 6. The van der Waals surface area contributed by atoms with Crippen molar-refractivity contribution in [2.75, 3.05) is 0 Å². The van der Waals surface area contributed by atoms with Gasteiger partial charge in [0.15, 0.2) is 5.82 Å². The van der Waals surface area contributed by atoms with Gasteiger partial charge < -0.3 is 4.42 Å². The molecule has 5 heteroatoms. The number of hydrogen-bond donors (Lipinski definition) is 0. The maximum absolute atomic E-state index is 6.45. The van der Waals surface area contributed by atoms with Crippen molar-refractivity contribution in [2.45, 2.75) is 0 Å². The summed E-state index contributed by atoms with van der Waals surface area (Å²) in [6.45, 7) is 0. The van der Waals surface area contributed by atoms with Crippen LogP contribution in [-0.2, 0) is 0 Å². The molecule has 0 aliphatic heterocycles. The van der Waals surface area contributed by atoms with E-state index in [4.69, 9.17) is 19.4 Å². The molecule has 0 bridgehead atoms. The normalized spacial score (nSPS) is 11.8. The van der Waals surface area contributed by atoms with Crippen molar-refractivity contribution in [3.8, 4) is 45.2 Å². The van der Waals surface area contributed by atoms with Gasteiger partial charge in [0, 0.05) is 58.6 Å². The highest BCUT2D eigenvalue weighted by atomic mass is 32.1. The molecule has 0 aliphatic carbocycles. The fraction of sp³-hybridized carbons (Fsp3) is 0. The molecule has 0 unspecified atom stereocenters. The van der Waals surface area contributed by atoms with E-state index in [0.717, 1.165) is 66.8 Å². The predicted molar refractivity (Wildman–Crippen MR) is 199 cm³/mol. The van der Waals surface area contributed by atoms with Crippen molar-refractivity contribution in [3.05, 3.63) is 152 Å². The Morgan fingerprint density at radius 2 is 1.19 bits per heavy atom. The van der Waals surface area contributed by atoms with E-state index >= 15 is 0 Å². The number of pyridine rings is 1. The molecule has 224 valence electrons. The molecule has 48 heavy (non-hydrogen) atoms. The first-order chi connectivity index (χ1) is 23.8. The highest BCUT2D eigenvalue weighted by Gasteiger charge is 2.19. The van der Waals surface area contributed by atoms with Crippen molar-refractivity contribution in [2.24, 2.45) is 0 Å². The van der Waals surface area contributed by atoms with Crippen LogP contribution in [0.3, 0.4) is 0 Å². The summed E-state index contributed by atoms with van der Waals surface area (Å²) in [5, 5.41) is 5.68. The summed E-state index contributed by atoms with van der Waals surface area (Å²) >= 11 is 1.82. The Hall–Kier alpha value is -6.17. The molecule has 10 aromatic rings. The van der Waals surface area contributed by atoms with Crippen molar-refractivity contribution < 1.29 is 4.42 Å². The first kappa shape index (κ1) is 27.0. The summed E-state index contributed by atoms with van der Waals surface area (Å²) in [6, 6.07) is 52.3. The van der Waals surface area contributed by atoms with Gasteiger partial charge in [0.2, 0.25) is 0 Å². The van der Waals surface area contributed by atoms with Crippen LogP contribution in [0.4, 0.5) is 0 Å². The van der Waals surface area contributed by atoms with E-state index in [1.54, 1.807) is 0 Å². The average molecular weight is 632 g/mol. The van der Waals surface area contributed by atoms with Gasteiger partial charge >= 0.3 is 0 Å². The van der Waals surface area contributed by atoms with Crippen LogP contribution < -0.4 is 0 Å². The largest absolute Gasteiger partial charge is 0.455 e. The standard InChI is InChI=1S/C43H25N3OS/c1-3-12-26(13-4-1)40-39-33-24-28(22-23-38(33)48-42(39)32-17-7-9-20-34(32)44-40)35-25-36(46-43(45-35)27-14-5-2-6-15-27)31-19-11-18-30-29-16-8-10-21-37(29)47-41(30)31/h1-25H. The predicted octanol–water partition coefficient (Wildman–Crippen LogP) is 12.0. The van der Waals surface area contributed by atoms with Gasteiger partial charge in [-0.25, -0.2) is 15.0 Å². The smallest absolute Gasteiger partial charge is 0.160 e. The Bertz CT molecular complexity index is 2840. The average Bonchev–Trinajstić information content (AvgIpc) is 3.74. The maximum atomic E-state index is 6.45. The van der Waals surface area contributed by atoms with Crippen molar-refractivity contribution >= 4 is 64.4 Å². The second-order valence-electron chi connectivity index (χ2n) is 12.0. The Morgan fingerprint density at radius 3 is 2.04 bits per heavy atom. The van der Waals surface area contributed by atoms with Crippen LogP contribution in [0.15, 0.2) is 156 Å². The maximum Gasteiger partial charge on any atom is 0.160 e. The lowest BCUT2D eigenvalue weighted by Crippen LogP contribution is -1.96. The van der Waals surface area contributed by atoms with E-state index in [2.05, 4.69) is 115 Å². The zero-order valence-corrected chi connectivity index (χ0v) is 26.4. The van der Waals surface area contributed by atoms with Gasteiger partial charge in [-0.1, -0.05) is 115 Å². The highest BCUT2D eigenvalue weighted by molar-refractivity contribution is 7.26. The van der Waals surface area contributed by atoms with E-state index in [1.165, 1.54) is 25.6 Å². The quantitative estimate of drug-likeness (QED) is 0.194.